The van der Waals surface area contributed by atoms with Crippen molar-refractivity contribution >= 4 is 22.6 Å². The molecular weight excluding hydrogens is 438 g/mol. The summed E-state index contributed by atoms with van der Waals surface area (Å²) >= 11 is 0. The van der Waals surface area contributed by atoms with Crippen LogP contribution < -0.4 is 0 Å². The van der Waals surface area contributed by atoms with Crippen molar-refractivity contribution in [2.45, 2.75) is 64.0 Å². The summed E-state index contributed by atoms with van der Waals surface area (Å²) in [5, 5.41) is 5.18. The van der Waals surface area contributed by atoms with Gasteiger partial charge in [0.2, 0.25) is 0 Å². The molecule has 3 aromatic heterocycles. The van der Waals surface area contributed by atoms with Crippen LogP contribution in [-0.2, 0) is 0 Å². The van der Waals surface area contributed by atoms with Crippen LogP contribution in [0.2, 0.25) is 0 Å². The Kier molecular flexibility index (Phi) is 4.82. The van der Waals surface area contributed by atoms with E-state index in [4.69, 9.17) is 4.98 Å². The molecule has 34 heavy (non-hydrogen) atoms. The fraction of sp³-hybridized carbons (Fsp3) is 0.400. The van der Waals surface area contributed by atoms with Crippen molar-refractivity contribution in [1.29, 1.82) is 0 Å². The number of fused-ring (bicyclic) bond motifs is 4. The Morgan fingerprint density at radius 2 is 1.88 bits per heavy atom. The highest BCUT2D eigenvalue weighted by molar-refractivity contribution is 5.99. The van der Waals surface area contributed by atoms with E-state index in [1.807, 2.05) is 43.0 Å². The second-order valence-corrected chi connectivity index (χ2v) is 9.39. The fourth-order valence-corrected chi connectivity index (χ4v) is 5.78. The highest BCUT2D eigenvalue weighted by Crippen LogP contribution is 2.45. The van der Waals surface area contributed by atoms with Gasteiger partial charge in [0.25, 0.3) is 18.1 Å². The summed E-state index contributed by atoms with van der Waals surface area (Å²) in [7, 11) is 0. The maximum absolute atomic E-state index is 13.9. The van der Waals surface area contributed by atoms with E-state index in [9.17, 15) is 13.6 Å². The van der Waals surface area contributed by atoms with Gasteiger partial charge in [-0.1, -0.05) is 12.1 Å². The molecule has 7 nitrogen and oxygen atoms in total. The molecule has 0 spiro atoms. The molecule has 0 unspecified atom stereocenters. The molecule has 174 valence electrons. The number of hydrogen-bond acceptors (Lipinski definition) is 5. The molecule has 1 amide bonds. The number of amides is 1. The zero-order chi connectivity index (χ0) is 23.6. The summed E-state index contributed by atoms with van der Waals surface area (Å²) in [5.41, 5.74) is 3.63. The van der Waals surface area contributed by atoms with Crippen LogP contribution in [-0.4, -0.2) is 47.5 Å². The lowest BCUT2D eigenvalue weighted by Gasteiger charge is -2.40. The van der Waals surface area contributed by atoms with E-state index in [2.05, 4.69) is 15.1 Å². The highest BCUT2D eigenvalue weighted by Gasteiger charge is 2.46. The minimum absolute atomic E-state index is 0.0392. The van der Waals surface area contributed by atoms with Crippen LogP contribution in [0.5, 0.6) is 0 Å². The van der Waals surface area contributed by atoms with Crippen LogP contribution in [0, 0.1) is 13.8 Å². The Balaban J connectivity index is 1.41. The molecule has 2 fully saturated rings. The summed E-state index contributed by atoms with van der Waals surface area (Å²) in [4.78, 5) is 28.6. The predicted molar refractivity (Wildman–Crippen MR) is 122 cm³/mol. The summed E-state index contributed by atoms with van der Waals surface area (Å²) in [6.07, 6.45) is 1.97. The summed E-state index contributed by atoms with van der Waals surface area (Å²) < 4.78 is 28.7. The Morgan fingerprint density at radius 3 is 2.71 bits per heavy atom. The van der Waals surface area contributed by atoms with Crippen LogP contribution in [0.15, 0.2) is 36.7 Å². The van der Waals surface area contributed by atoms with Gasteiger partial charge >= 0.3 is 0 Å². The quantitative estimate of drug-likeness (QED) is 0.438. The van der Waals surface area contributed by atoms with Gasteiger partial charge in [0.05, 0.1) is 22.5 Å². The predicted octanol–water partition coefficient (Wildman–Crippen LogP) is 4.78. The smallest absolute Gasteiger partial charge is 0.280 e. The number of benzene rings is 1. The van der Waals surface area contributed by atoms with Crippen molar-refractivity contribution in [2.24, 2.45) is 0 Å². The Hall–Kier alpha value is -3.49. The van der Waals surface area contributed by atoms with E-state index in [0.717, 1.165) is 42.1 Å². The first-order valence-corrected chi connectivity index (χ1v) is 11.6. The van der Waals surface area contributed by atoms with Crippen LogP contribution >= 0.6 is 0 Å². The maximum atomic E-state index is 13.9. The molecule has 0 aliphatic carbocycles. The van der Waals surface area contributed by atoms with Gasteiger partial charge in [-0.05, 0) is 63.3 Å². The van der Waals surface area contributed by atoms with Gasteiger partial charge in [0.15, 0.2) is 0 Å². The summed E-state index contributed by atoms with van der Waals surface area (Å²) in [6.45, 7) is 3.89. The van der Waals surface area contributed by atoms with Gasteiger partial charge in [-0.25, -0.2) is 18.3 Å². The molecule has 0 radical (unpaired) electrons. The number of carbonyl (C=O) groups excluding carboxylic acids is 1. The molecule has 0 saturated carbocycles. The third-order valence-electron chi connectivity index (χ3n) is 7.35. The number of hydrogen-bond donors (Lipinski definition) is 0. The standard InChI is InChI=1S/C25H24F2N6O/c1-13-3-4-15-10-18(14(2)30-19(15)9-13)24(34)32-16-5-7-17(21(32)8-6-16)22-11-20(23(26)27)31-25-28-12-29-33(22)25/h3-4,9-12,16-17,21,23H,5-8H2,1-2H3/t16-,17-,21-/m0/s1. The van der Waals surface area contributed by atoms with Crippen molar-refractivity contribution in [1.82, 2.24) is 29.5 Å². The number of rotatable bonds is 3. The van der Waals surface area contributed by atoms with Gasteiger partial charge in [0, 0.05) is 23.4 Å². The minimum atomic E-state index is -2.70. The minimum Gasteiger partial charge on any atom is -0.332 e. The molecule has 4 aromatic rings. The first-order valence-electron chi connectivity index (χ1n) is 11.6. The molecule has 5 heterocycles. The van der Waals surface area contributed by atoms with Crippen molar-refractivity contribution in [3.05, 3.63) is 64.9 Å². The maximum Gasteiger partial charge on any atom is 0.280 e. The van der Waals surface area contributed by atoms with Gasteiger partial charge in [-0.3, -0.25) is 9.78 Å². The number of piperidine rings is 1. The van der Waals surface area contributed by atoms with E-state index in [0.29, 0.717) is 17.0 Å². The normalized spacial score (nSPS) is 22.3. The van der Waals surface area contributed by atoms with Crippen molar-refractivity contribution < 1.29 is 13.6 Å². The topological polar surface area (TPSA) is 76.3 Å². The SMILES string of the molecule is Cc1ccc2cc(C(=O)N3[C@H]4CC[C@H](c5cc(C(F)F)nc6ncnn56)[C@@H]3CC4)c(C)nc2c1. The number of halogens is 2. The van der Waals surface area contributed by atoms with Crippen LogP contribution in [0.3, 0.4) is 0 Å². The molecule has 2 aliphatic rings. The first-order chi connectivity index (χ1) is 16.4. The van der Waals surface area contributed by atoms with Gasteiger partial charge < -0.3 is 4.90 Å². The fourth-order valence-electron chi connectivity index (χ4n) is 5.78. The Labute approximate surface area is 194 Å². The van der Waals surface area contributed by atoms with Gasteiger partial charge in [-0.2, -0.15) is 10.1 Å². The lowest BCUT2D eigenvalue weighted by Crippen LogP contribution is -2.48. The molecule has 2 aliphatic heterocycles. The van der Waals surface area contributed by atoms with Crippen molar-refractivity contribution in [3.63, 3.8) is 0 Å². The molecule has 2 bridgehead atoms. The van der Waals surface area contributed by atoms with Crippen LogP contribution in [0.4, 0.5) is 8.78 Å². The lowest BCUT2D eigenvalue weighted by atomic mass is 9.86. The van der Waals surface area contributed by atoms with E-state index in [1.165, 1.54) is 12.4 Å². The van der Waals surface area contributed by atoms with E-state index < -0.39 is 6.43 Å². The van der Waals surface area contributed by atoms with Crippen molar-refractivity contribution in [3.8, 4) is 0 Å². The molecule has 3 atom stereocenters. The average molecular weight is 463 g/mol. The third kappa shape index (κ3) is 3.25. The number of pyridine rings is 1. The molecular formula is C25H24F2N6O. The summed E-state index contributed by atoms with van der Waals surface area (Å²) in [5.74, 6) is 0.00193. The van der Waals surface area contributed by atoms with Crippen molar-refractivity contribution in [2.75, 3.05) is 0 Å². The average Bonchev–Trinajstić information content (AvgIpc) is 3.40. The number of aromatic nitrogens is 5. The second-order valence-electron chi connectivity index (χ2n) is 9.39. The van der Waals surface area contributed by atoms with E-state index >= 15 is 0 Å². The highest BCUT2D eigenvalue weighted by atomic mass is 19.3. The molecule has 9 heteroatoms. The Bertz CT molecular complexity index is 1430. The number of aryl methyl sites for hydroxylation is 2. The van der Waals surface area contributed by atoms with E-state index in [-0.39, 0.29) is 35.4 Å². The number of carbonyl (C=O) groups is 1. The second kappa shape index (κ2) is 7.78. The van der Waals surface area contributed by atoms with Crippen LogP contribution in [0.25, 0.3) is 16.7 Å². The van der Waals surface area contributed by atoms with E-state index in [1.54, 1.807) is 4.52 Å². The first kappa shape index (κ1) is 21.1. The molecule has 0 N–H and O–H groups in total. The zero-order valence-corrected chi connectivity index (χ0v) is 18.9. The van der Waals surface area contributed by atoms with Gasteiger partial charge in [0.1, 0.15) is 12.0 Å². The molecule has 1 aromatic carbocycles. The Morgan fingerprint density at radius 1 is 1.06 bits per heavy atom. The number of alkyl halides is 2. The summed E-state index contributed by atoms with van der Waals surface area (Å²) in [6, 6.07) is 9.44. The zero-order valence-electron chi connectivity index (χ0n) is 18.9. The lowest BCUT2D eigenvalue weighted by molar-refractivity contribution is 0.0552. The molecule has 6 rings (SSSR count). The monoisotopic (exact) mass is 462 g/mol. The largest absolute Gasteiger partial charge is 0.332 e. The number of nitrogens with zero attached hydrogens (tertiary/aromatic N) is 6. The van der Waals surface area contributed by atoms with Gasteiger partial charge in [-0.15, -0.1) is 0 Å². The molecule has 2 saturated heterocycles. The van der Waals surface area contributed by atoms with Crippen LogP contribution in [0.1, 0.15) is 71.0 Å². The third-order valence-corrected chi connectivity index (χ3v) is 7.35.